The predicted molar refractivity (Wildman–Crippen MR) is 92.0 cm³/mol. The molecule has 1 spiro atoms. The third-order valence-electron chi connectivity index (χ3n) is 5.05. The summed E-state index contributed by atoms with van der Waals surface area (Å²) >= 11 is 1.52. The van der Waals surface area contributed by atoms with Gasteiger partial charge in [0.2, 0.25) is 0 Å². The second-order valence-electron chi connectivity index (χ2n) is 6.57. The van der Waals surface area contributed by atoms with Gasteiger partial charge in [-0.25, -0.2) is 9.78 Å². The van der Waals surface area contributed by atoms with Gasteiger partial charge in [-0.05, 0) is 19.3 Å². The van der Waals surface area contributed by atoms with Crippen LogP contribution in [0.5, 0.6) is 0 Å². The Balaban J connectivity index is 1.60. The maximum absolute atomic E-state index is 12.8. The first-order valence-corrected chi connectivity index (χ1v) is 9.54. The average molecular weight is 365 g/mol. The minimum absolute atomic E-state index is 0.0620. The van der Waals surface area contributed by atoms with Crippen LogP contribution in [-0.4, -0.2) is 51.8 Å². The number of aromatic nitrogens is 1. The normalized spacial score (nSPS) is 19.8. The molecule has 2 heterocycles. The van der Waals surface area contributed by atoms with Gasteiger partial charge in [-0.2, -0.15) is 0 Å². The van der Waals surface area contributed by atoms with E-state index in [1.165, 1.54) is 16.2 Å². The quantitative estimate of drug-likeness (QED) is 0.591. The number of thiazole rings is 1. The number of carbonyl (C=O) groups excluding carboxylic acids is 3. The van der Waals surface area contributed by atoms with Crippen molar-refractivity contribution in [2.45, 2.75) is 57.6 Å². The molecule has 1 saturated heterocycles. The highest BCUT2D eigenvalue weighted by Gasteiger charge is 2.55. The minimum Gasteiger partial charge on any atom is -0.458 e. The van der Waals surface area contributed by atoms with Gasteiger partial charge in [0.05, 0.1) is 10.7 Å². The molecule has 136 valence electrons. The van der Waals surface area contributed by atoms with Crippen molar-refractivity contribution in [3.63, 3.8) is 0 Å². The van der Waals surface area contributed by atoms with E-state index in [0.717, 1.165) is 35.6 Å². The first-order chi connectivity index (χ1) is 12.0. The fourth-order valence-electron chi connectivity index (χ4n) is 3.58. The lowest BCUT2D eigenvalue weighted by Crippen LogP contribution is -2.49. The molecule has 1 aliphatic heterocycles. The predicted octanol–water partition coefficient (Wildman–Crippen LogP) is 2.35. The summed E-state index contributed by atoms with van der Waals surface area (Å²) in [4.78, 5) is 44.2. The molecule has 0 unspecified atom stereocenters. The van der Waals surface area contributed by atoms with Crippen molar-refractivity contribution in [1.29, 1.82) is 0 Å². The van der Waals surface area contributed by atoms with Gasteiger partial charge < -0.3 is 9.64 Å². The number of likely N-dealkylation sites (N-methyl/N-ethyl adjacent to an activating group) is 1. The van der Waals surface area contributed by atoms with E-state index in [-0.39, 0.29) is 19.1 Å². The number of urea groups is 1. The van der Waals surface area contributed by atoms with Gasteiger partial charge in [0, 0.05) is 12.4 Å². The summed E-state index contributed by atoms with van der Waals surface area (Å²) < 4.78 is 5.20. The number of carbonyl (C=O) groups is 3. The second kappa shape index (κ2) is 7.11. The van der Waals surface area contributed by atoms with Crippen LogP contribution in [0.3, 0.4) is 0 Å². The van der Waals surface area contributed by atoms with Crippen molar-refractivity contribution in [3.8, 4) is 0 Å². The Morgan fingerprint density at radius 2 is 2.04 bits per heavy atom. The van der Waals surface area contributed by atoms with E-state index in [0.29, 0.717) is 18.5 Å². The summed E-state index contributed by atoms with van der Waals surface area (Å²) in [5, 5.41) is 2.83. The zero-order valence-corrected chi connectivity index (χ0v) is 15.4. The van der Waals surface area contributed by atoms with Gasteiger partial charge in [0.1, 0.15) is 18.7 Å². The SMILES string of the molecule is CCc1nc(COC(=O)CN2C(=O)N(C)C3(CCCCC3)C2=O)cs1. The molecular weight excluding hydrogens is 342 g/mol. The fraction of sp³-hybridized carbons (Fsp3) is 0.647. The van der Waals surface area contributed by atoms with Crippen LogP contribution in [0, 0.1) is 0 Å². The zero-order chi connectivity index (χ0) is 18.0. The van der Waals surface area contributed by atoms with Crippen molar-refractivity contribution < 1.29 is 19.1 Å². The van der Waals surface area contributed by atoms with Crippen molar-refractivity contribution in [2.24, 2.45) is 0 Å². The lowest BCUT2D eigenvalue weighted by atomic mass is 9.81. The molecule has 1 aromatic rings. The van der Waals surface area contributed by atoms with Gasteiger partial charge in [0.25, 0.3) is 5.91 Å². The van der Waals surface area contributed by atoms with E-state index in [1.54, 1.807) is 7.05 Å². The number of hydrogen-bond acceptors (Lipinski definition) is 6. The van der Waals surface area contributed by atoms with Crippen LogP contribution in [0.4, 0.5) is 4.79 Å². The van der Waals surface area contributed by atoms with Crippen LogP contribution < -0.4 is 0 Å². The zero-order valence-electron chi connectivity index (χ0n) is 14.6. The lowest BCUT2D eigenvalue weighted by Gasteiger charge is -2.35. The van der Waals surface area contributed by atoms with Crippen LogP contribution >= 0.6 is 11.3 Å². The molecule has 0 radical (unpaired) electrons. The fourth-order valence-corrected chi connectivity index (χ4v) is 4.31. The number of nitrogens with zero attached hydrogens (tertiary/aromatic N) is 3. The van der Waals surface area contributed by atoms with Crippen molar-refractivity contribution in [3.05, 3.63) is 16.1 Å². The molecule has 1 aliphatic carbocycles. The lowest BCUT2D eigenvalue weighted by molar-refractivity contribution is -0.149. The van der Waals surface area contributed by atoms with E-state index in [4.69, 9.17) is 4.74 Å². The standard InChI is InChI=1S/C17H23N3O4S/c1-3-13-18-12(11-25-13)10-24-14(21)9-20-15(22)17(19(2)16(20)23)7-5-4-6-8-17/h11H,3-10H2,1-2H3. The molecule has 3 rings (SSSR count). The molecule has 0 N–H and O–H groups in total. The largest absolute Gasteiger partial charge is 0.458 e. The molecule has 0 bridgehead atoms. The monoisotopic (exact) mass is 365 g/mol. The van der Waals surface area contributed by atoms with E-state index in [2.05, 4.69) is 4.98 Å². The Morgan fingerprint density at radius 3 is 2.68 bits per heavy atom. The van der Waals surface area contributed by atoms with Gasteiger partial charge in [-0.15, -0.1) is 11.3 Å². The van der Waals surface area contributed by atoms with Crippen LogP contribution in [0.15, 0.2) is 5.38 Å². The number of aryl methyl sites for hydroxylation is 1. The highest BCUT2D eigenvalue weighted by atomic mass is 32.1. The topological polar surface area (TPSA) is 79.8 Å². The van der Waals surface area contributed by atoms with E-state index in [1.807, 2.05) is 12.3 Å². The van der Waals surface area contributed by atoms with Crippen LogP contribution in [0.1, 0.15) is 49.7 Å². The molecule has 1 saturated carbocycles. The van der Waals surface area contributed by atoms with Crippen LogP contribution in [0.2, 0.25) is 0 Å². The first-order valence-electron chi connectivity index (χ1n) is 8.66. The van der Waals surface area contributed by atoms with Crippen molar-refractivity contribution >= 4 is 29.2 Å². The molecule has 7 nitrogen and oxygen atoms in total. The van der Waals surface area contributed by atoms with Gasteiger partial charge in [-0.1, -0.05) is 26.2 Å². The number of esters is 1. The van der Waals surface area contributed by atoms with Crippen LogP contribution in [0.25, 0.3) is 0 Å². The highest BCUT2D eigenvalue weighted by molar-refractivity contribution is 7.09. The number of hydrogen-bond donors (Lipinski definition) is 0. The number of rotatable bonds is 5. The first kappa shape index (κ1) is 17.8. The number of imide groups is 1. The molecule has 0 atom stereocenters. The third-order valence-corrected chi connectivity index (χ3v) is 6.10. The third kappa shape index (κ3) is 3.27. The molecule has 1 aromatic heterocycles. The highest BCUT2D eigenvalue weighted by Crippen LogP contribution is 2.39. The van der Waals surface area contributed by atoms with Gasteiger partial charge in [-0.3, -0.25) is 14.5 Å². The van der Waals surface area contributed by atoms with Gasteiger partial charge in [0.15, 0.2) is 0 Å². The second-order valence-corrected chi connectivity index (χ2v) is 7.51. The Hall–Kier alpha value is -1.96. The van der Waals surface area contributed by atoms with Crippen LogP contribution in [-0.2, 0) is 27.4 Å². The molecule has 2 fully saturated rings. The maximum atomic E-state index is 12.8. The summed E-state index contributed by atoms with van der Waals surface area (Å²) in [6, 6.07) is -0.411. The number of amides is 3. The molecule has 25 heavy (non-hydrogen) atoms. The molecule has 0 aromatic carbocycles. The number of ether oxygens (including phenoxy) is 1. The Bertz CT molecular complexity index is 681. The Kier molecular flexibility index (Phi) is 5.08. The Morgan fingerprint density at radius 1 is 1.32 bits per heavy atom. The summed E-state index contributed by atoms with van der Waals surface area (Å²) in [5.74, 6) is -0.854. The summed E-state index contributed by atoms with van der Waals surface area (Å²) in [7, 11) is 1.65. The Labute approximate surface area is 151 Å². The van der Waals surface area contributed by atoms with Gasteiger partial charge >= 0.3 is 12.0 Å². The van der Waals surface area contributed by atoms with Crippen molar-refractivity contribution in [2.75, 3.05) is 13.6 Å². The maximum Gasteiger partial charge on any atom is 0.327 e. The van der Waals surface area contributed by atoms with Crippen molar-refractivity contribution in [1.82, 2.24) is 14.8 Å². The summed E-state index contributed by atoms with van der Waals surface area (Å²) in [5.41, 5.74) is -0.0734. The summed E-state index contributed by atoms with van der Waals surface area (Å²) in [6.45, 7) is 1.73. The average Bonchev–Trinajstić information content (AvgIpc) is 3.16. The van der Waals surface area contributed by atoms with E-state index >= 15 is 0 Å². The van der Waals surface area contributed by atoms with E-state index in [9.17, 15) is 14.4 Å². The minimum atomic E-state index is -0.763. The molecule has 3 amide bonds. The smallest absolute Gasteiger partial charge is 0.327 e. The molecular formula is C17H23N3O4S. The summed E-state index contributed by atoms with van der Waals surface area (Å²) in [6.07, 6.45) is 5.09. The molecule has 8 heteroatoms. The molecule has 2 aliphatic rings. The van der Waals surface area contributed by atoms with E-state index < -0.39 is 17.5 Å².